The highest BCUT2D eigenvalue weighted by molar-refractivity contribution is 7.92. The Hall–Kier alpha value is -2.76. The number of carbonyl (C=O) groups is 1. The molecule has 0 saturated carbocycles. The average Bonchev–Trinajstić information content (AvgIpc) is 3.45. The molecule has 1 amide bonds. The van der Waals surface area contributed by atoms with Crippen molar-refractivity contribution in [1.29, 1.82) is 0 Å². The molecule has 1 fully saturated rings. The zero-order chi connectivity index (χ0) is 22.7. The lowest BCUT2D eigenvalue weighted by Gasteiger charge is -2.30. The molecule has 3 heterocycles. The van der Waals surface area contributed by atoms with Crippen molar-refractivity contribution in [3.63, 3.8) is 0 Å². The van der Waals surface area contributed by atoms with Gasteiger partial charge in [0.25, 0.3) is 0 Å². The highest BCUT2D eigenvalue weighted by atomic mass is 32.2. The van der Waals surface area contributed by atoms with E-state index < -0.39 is 10.0 Å². The van der Waals surface area contributed by atoms with Gasteiger partial charge < -0.3 is 9.84 Å². The third kappa shape index (κ3) is 5.34. The van der Waals surface area contributed by atoms with E-state index in [1.165, 1.54) is 11.4 Å². The maximum absolute atomic E-state index is 12.9. The minimum absolute atomic E-state index is 0.0846. The van der Waals surface area contributed by atoms with Gasteiger partial charge in [0.1, 0.15) is 0 Å². The van der Waals surface area contributed by atoms with Crippen LogP contribution < -0.4 is 9.62 Å². The summed E-state index contributed by atoms with van der Waals surface area (Å²) in [6.45, 7) is 1.94. The molecule has 170 valence electrons. The number of aromatic nitrogens is 2. The number of benzene rings is 1. The fourth-order valence-corrected chi connectivity index (χ4v) is 4.79. The van der Waals surface area contributed by atoms with Gasteiger partial charge in [-0.3, -0.25) is 14.0 Å². The van der Waals surface area contributed by atoms with Crippen LogP contribution in [0.3, 0.4) is 0 Å². The van der Waals surface area contributed by atoms with Crippen LogP contribution in [0.15, 0.2) is 46.3 Å². The molecule has 0 aliphatic carbocycles. The molecule has 11 heteroatoms. The molecular weight excluding hydrogens is 450 g/mol. The van der Waals surface area contributed by atoms with E-state index >= 15 is 0 Å². The number of hydrogen-bond acceptors (Lipinski definition) is 8. The van der Waals surface area contributed by atoms with Gasteiger partial charge >= 0.3 is 0 Å². The van der Waals surface area contributed by atoms with E-state index in [0.717, 1.165) is 30.5 Å². The van der Waals surface area contributed by atoms with Crippen molar-refractivity contribution in [3.05, 3.63) is 47.7 Å². The van der Waals surface area contributed by atoms with Gasteiger partial charge in [-0.2, -0.15) is 4.98 Å². The van der Waals surface area contributed by atoms with Crippen LogP contribution in [-0.2, 0) is 21.4 Å². The quantitative estimate of drug-likeness (QED) is 0.559. The molecule has 1 N–H and O–H groups in total. The van der Waals surface area contributed by atoms with E-state index in [0.29, 0.717) is 36.2 Å². The van der Waals surface area contributed by atoms with Crippen LogP contribution >= 0.6 is 11.3 Å². The molecule has 1 atom stereocenters. The van der Waals surface area contributed by atoms with Crippen LogP contribution in [0.5, 0.6) is 0 Å². The number of nitrogens with zero attached hydrogens (tertiary/aromatic N) is 4. The lowest BCUT2D eigenvalue weighted by atomic mass is 9.97. The van der Waals surface area contributed by atoms with Crippen molar-refractivity contribution in [1.82, 2.24) is 15.0 Å². The lowest BCUT2D eigenvalue weighted by molar-refractivity contribution is -0.121. The first-order valence-electron chi connectivity index (χ1n) is 10.2. The van der Waals surface area contributed by atoms with E-state index in [-0.39, 0.29) is 11.8 Å². The summed E-state index contributed by atoms with van der Waals surface area (Å²) in [5, 5.41) is 8.94. The second-order valence-electron chi connectivity index (χ2n) is 7.83. The lowest BCUT2D eigenvalue weighted by Crippen LogP contribution is -2.40. The number of carbonyl (C=O) groups excluding carboxylic acids is 1. The van der Waals surface area contributed by atoms with Crippen LogP contribution in [-0.4, -0.2) is 55.8 Å². The van der Waals surface area contributed by atoms with Crippen LogP contribution in [0.4, 0.5) is 11.4 Å². The summed E-state index contributed by atoms with van der Waals surface area (Å²) < 4.78 is 30.1. The van der Waals surface area contributed by atoms with E-state index in [1.54, 1.807) is 35.6 Å². The van der Waals surface area contributed by atoms with Gasteiger partial charge in [-0.15, -0.1) is 11.3 Å². The van der Waals surface area contributed by atoms with Gasteiger partial charge in [0, 0.05) is 19.3 Å². The van der Waals surface area contributed by atoms with Crippen molar-refractivity contribution in [2.24, 2.45) is 5.92 Å². The summed E-state index contributed by atoms with van der Waals surface area (Å²) in [6, 6.07) is 10.7. The minimum atomic E-state index is -3.38. The predicted octanol–water partition coefficient (Wildman–Crippen LogP) is 3.04. The zero-order valence-electron chi connectivity index (χ0n) is 17.9. The molecule has 3 aromatic rings. The first-order chi connectivity index (χ1) is 15.3. The molecule has 9 nitrogen and oxygen atoms in total. The summed E-state index contributed by atoms with van der Waals surface area (Å²) in [5.41, 5.74) is 1.06. The number of amides is 1. The van der Waals surface area contributed by atoms with Crippen molar-refractivity contribution < 1.29 is 17.7 Å². The van der Waals surface area contributed by atoms with E-state index in [1.807, 2.05) is 17.5 Å². The maximum atomic E-state index is 12.9. The summed E-state index contributed by atoms with van der Waals surface area (Å²) in [6.07, 6.45) is 2.82. The molecule has 1 saturated heterocycles. The van der Waals surface area contributed by atoms with Crippen molar-refractivity contribution in [2.75, 3.05) is 36.0 Å². The number of piperidine rings is 1. The van der Waals surface area contributed by atoms with Crippen molar-refractivity contribution in [2.45, 2.75) is 19.4 Å². The number of anilines is 2. The number of hydrogen-bond donors (Lipinski definition) is 1. The maximum Gasteiger partial charge on any atom is 0.241 e. The zero-order valence-corrected chi connectivity index (χ0v) is 19.5. The molecule has 1 aliphatic heterocycles. The number of likely N-dealkylation sites (tertiary alicyclic amines) is 1. The Labute approximate surface area is 191 Å². The van der Waals surface area contributed by atoms with Gasteiger partial charge in [0.15, 0.2) is 0 Å². The van der Waals surface area contributed by atoms with Crippen molar-refractivity contribution in [3.8, 4) is 10.7 Å². The predicted molar refractivity (Wildman–Crippen MR) is 124 cm³/mol. The summed E-state index contributed by atoms with van der Waals surface area (Å²) >= 11 is 1.56. The molecule has 1 aliphatic rings. The molecule has 0 spiro atoms. The van der Waals surface area contributed by atoms with Crippen molar-refractivity contribution >= 4 is 38.6 Å². The van der Waals surface area contributed by atoms with Gasteiger partial charge in [-0.05, 0) is 49.0 Å². The summed E-state index contributed by atoms with van der Waals surface area (Å²) in [4.78, 5) is 20.5. The topological polar surface area (TPSA) is 109 Å². The second-order valence-corrected chi connectivity index (χ2v) is 10.8. The number of sulfonamides is 1. The van der Waals surface area contributed by atoms with Crippen LogP contribution in [0.1, 0.15) is 18.7 Å². The summed E-state index contributed by atoms with van der Waals surface area (Å²) in [5.74, 6) is 0.851. The van der Waals surface area contributed by atoms with E-state index in [4.69, 9.17) is 4.52 Å². The molecule has 4 rings (SSSR count). The summed E-state index contributed by atoms with van der Waals surface area (Å²) in [7, 11) is -1.89. The number of thiophene rings is 1. The standard InChI is InChI=1S/C21H25N5O4S2/c1-25(32(2,28)29)17-8-3-7-16(12-17)22-21(27)15-6-4-10-26(13-15)14-19-23-20(24-30-19)18-9-5-11-31-18/h3,5,7-9,11-12,15H,4,6,10,13-14H2,1-2H3,(H,22,27). The largest absolute Gasteiger partial charge is 0.338 e. The molecule has 0 radical (unpaired) electrons. The smallest absolute Gasteiger partial charge is 0.241 e. The Kier molecular flexibility index (Phi) is 6.58. The van der Waals surface area contributed by atoms with Gasteiger partial charge in [-0.1, -0.05) is 17.3 Å². The van der Waals surface area contributed by atoms with Gasteiger partial charge in [0.05, 0.1) is 29.3 Å². The highest BCUT2D eigenvalue weighted by Gasteiger charge is 2.27. The van der Waals surface area contributed by atoms with Crippen LogP contribution in [0, 0.1) is 5.92 Å². The molecule has 2 aromatic heterocycles. The molecule has 1 unspecified atom stereocenters. The van der Waals surface area contributed by atoms with Crippen LogP contribution in [0.2, 0.25) is 0 Å². The Morgan fingerprint density at radius 3 is 2.94 bits per heavy atom. The number of nitrogens with one attached hydrogen (secondary N) is 1. The Morgan fingerprint density at radius 2 is 2.19 bits per heavy atom. The average molecular weight is 476 g/mol. The Balaban J connectivity index is 1.37. The van der Waals surface area contributed by atoms with Gasteiger partial charge in [0.2, 0.25) is 27.6 Å². The molecular formula is C21H25N5O4S2. The van der Waals surface area contributed by atoms with E-state index in [2.05, 4.69) is 20.4 Å². The minimum Gasteiger partial charge on any atom is -0.338 e. The molecule has 1 aromatic carbocycles. The first kappa shape index (κ1) is 22.4. The Bertz CT molecular complexity index is 1180. The van der Waals surface area contributed by atoms with Gasteiger partial charge in [-0.25, -0.2) is 8.42 Å². The monoisotopic (exact) mass is 475 g/mol. The third-order valence-corrected chi connectivity index (χ3v) is 7.49. The Morgan fingerprint density at radius 1 is 1.34 bits per heavy atom. The fourth-order valence-electron chi connectivity index (χ4n) is 3.64. The SMILES string of the molecule is CN(c1cccc(NC(=O)C2CCCN(Cc3nc(-c4cccs4)no3)C2)c1)S(C)(=O)=O. The first-order valence-corrected chi connectivity index (χ1v) is 13.0. The van der Waals surface area contributed by atoms with E-state index in [9.17, 15) is 13.2 Å². The molecule has 0 bridgehead atoms. The number of rotatable bonds is 7. The highest BCUT2D eigenvalue weighted by Crippen LogP contribution is 2.25. The second kappa shape index (κ2) is 9.39. The normalized spacial score (nSPS) is 17.2. The fraction of sp³-hybridized carbons (Fsp3) is 0.381. The van der Waals surface area contributed by atoms with Crippen LogP contribution in [0.25, 0.3) is 10.7 Å². The molecule has 32 heavy (non-hydrogen) atoms. The third-order valence-electron chi connectivity index (χ3n) is 5.42.